The van der Waals surface area contributed by atoms with Crippen molar-refractivity contribution in [2.75, 3.05) is 18.4 Å². The molecular formula is C17H22N6O. The van der Waals surface area contributed by atoms with Crippen LogP contribution in [0.25, 0.3) is 0 Å². The summed E-state index contributed by atoms with van der Waals surface area (Å²) >= 11 is 0. The number of nitrogens with zero attached hydrogens (tertiary/aromatic N) is 5. The lowest BCUT2D eigenvalue weighted by Gasteiger charge is -2.33. The van der Waals surface area contributed by atoms with E-state index in [4.69, 9.17) is 0 Å². The van der Waals surface area contributed by atoms with Gasteiger partial charge in [0.15, 0.2) is 0 Å². The lowest BCUT2D eigenvalue weighted by atomic mass is 10.0. The predicted molar refractivity (Wildman–Crippen MR) is 89.8 cm³/mol. The van der Waals surface area contributed by atoms with Gasteiger partial charge in [0.2, 0.25) is 0 Å². The monoisotopic (exact) mass is 326 g/mol. The number of aryl methyl sites for hydroxylation is 2. The van der Waals surface area contributed by atoms with Crippen molar-refractivity contribution in [3.63, 3.8) is 0 Å². The largest absolute Gasteiger partial charge is 0.365 e. The van der Waals surface area contributed by atoms with Gasteiger partial charge in [-0.1, -0.05) is 0 Å². The van der Waals surface area contributed by atoms with Crippen LogP contribution in [0.15, 0.2) is 18.6 Å². The summed E-state index contributed by atoms with van der Waals surface area (Å²) in [6, 6.07) is 2.01. The van der Waals surface area contributed by atoms with Gasteiger partial charge in [0.25, 0.3) is 5.91 Å². The van der Waals surface area contributed by atoms with Crippen LogP contribution in [0.2, 0.25) is 0 Å². The Labute approximate surface area is 141 Å². The third-order valence-corrected chi connectivity index (χ3v) is 4.96. The minimum Gasteiger partial charge on any atom is -0.365 e. The molecule has 0 unspecified atom stereocenters. The van der Waals surface area contributed by atoms with Gasteiger partial charge in [0, 0.05) is 43.6 Å². The molecule has 4 rings (SSSR count). The molecule has 1 aliphatic heterocycles. The Morgan fingerprint density at radius 1 is 1.29 bits per heavy atom. The maximum Gasteiger partial charge on any atom is 0.272 e. The molecule has 126 valence electrons. The minimum absolute atomic E-state index is 0.0504. The van der Waals surface area contributed by atoms with Crippen molar-refractivity contribution in [3.8, 4) is 0 Å². The fourth-order valence-corrected chi connectivity index (χ4v) is 3.70. The molecule has 1 aliphatic carbocycles. The van der Waals surface area contributed by atoms with Gasteiger partial charge in [0.05, 0.1) is 0 Å². The van der Waals surface area contributed by atoms with E-state index in [-0.39, 0.29) is 11.9 Å². The standard InChI is InChI=1S/C17H22N6O/c1-22-15(7-8-20-22)17(24)23-9-3-4-12(10-23)21-16-13-5-2-6-14(13)18-11-19-16/h7-8,11-12H,2-6,9-10H2,1H3,(H,18,19,21)/t12-/m1/s1. The number of piperidine rings is 1. The molecule has 0 radical (unpaired) electrons. The quantitative estimate of drug-likeness (QED) is 0.923. The average molecular weight is 326 g/mol. The molecule has 7 nitrogen and oxygen atoms in total. The molecule has 0 aromatic carbocycles. The van der Waals surface area contributed by atoms with E-state index in [2.05, 4.69) is 20.4 Å². The van der Waals surface area contributed by atoms with Gasteiger partial charge in [-0.2, -0.15) is 5.10 Å². The van der Waals surface area contributed by atoms with Gasteiger partial charge in [-0.05, 0) is 38.2 Å². The summed E-state index contributed by atoms with van der Waals surface area (Å²) in [6.45, 7) is 1.49. The Balaban J connectivity index is 1.47. The van der Waals surface area contributed by atoms with Crippen LogP contribution in [0, 0.1) is 0 Å². The number of anilines is 1. The normalized spacial score (nSPS) is 20.0. The van der Waals surface area contributed by atoms with Crippen molar-refractivity contribution >= 4 is 11.7 Å². The van der Waals surface area contributed by atoms with Crippen molar-refractivity contribution in [1.29, 1.82) is 0 Å². The number of hydrogen-bond acceptors (Lipinski definition) is 5. The van der Waals surface area contributed by atoms with E-state index in [0.717, 1.165) is 44.5 Å². The van der Waals surface area contributed by atoms with Gasteiger partial charge in [-0.25, -0.2) is 9.97 Å². The van der Waals surface area contributed by atoms with Gasteiger partial charge < -0.3 is 10.2 Å². The van der Waals surface area contributed by atoms with E-state index in [1.807, 2.05) is 4.90 Å². The van der Waals surface area contributed by atoms with Crippen molar-refractivity contribution < 1.29 is 4.79 Å². The predicted octanol–water partition coefficient (Wildman–Crippen LogP) is 1.42. The molecule has 3 heterocycles. The lowest BCUT2D eigenvalue weighted by molar-refractivity contribution is 0.0703. The summed E-state index contributed by atoms with van der Waals surface area (Å²) in [5, 5.41) is 7.65. The van der Waals surface area contributed by atoms with Crippen LogP contribution in [0.5, 0.6) is 0 Å². The topological polar surface area (TPSA) is 75.9 Å². The Hall–Kier alpha value is -2.44. The molecule has 2 aromatic heterocycles. The number of fused-ring (bicyclic) bond motifs is 1. The van der Waals surface area contributed by atoms with Crippen molar-refractivity contribution in [3.05, 3.63) is 35.5 Å². The highest BCUT2D eigenvalue weighted by molar-refractivity contribution is 5.92. The number of amides is 1. The van der Waals surface area contributed by atoms with Crippen LogP contribution < -0.4 is 5.32 Å². The van der Waals surface area contributed by atoms with Crippen molar-refractivity contribution in [2.45, 2.75) is 38.1 Å². The number of hydrogen-bond donors (Lipinski definition) is 1. The van der Waals surface area contributed by atoms with Crippen LogP contribution in [-0.2, 0) is 19.9 Å². The van der Waals surface area contributed by atoms with E-state index < -0.39 is 0 Å². The molecule has 0 spiro atoms. The Morgan fingerprint density at radius 3 is 3.04 bits per heavy atom. The fraction of sp³-hybridized carbons (Fsp3) is 0.529. The molecule has 24 heavy (non-hydrogen) atoms. The Morgan fingerprint density at radius 2 is 2.21 bits per heavy atom. The third kappa shape index (κ3) is 2.74. The summed E-state index contributed by atoms with van der Waals surface area (Å²) in [5.74, 6) is 1.01. The Bertz CT molecular complexity index is 755. The van der Waals surface area contributed by atoms with Gasteiger partial charge in [0.1, 0.15) is 17.8 Å². The molecular weight excluding hydrogens is 304 g/mol. The molecule has 2 aliphatic rings. The zero-order chi connectivity index (χ0) is 16.5. The molecule has 1 N–H and O–H groups in total. The van der Waals surface area contributed by atoms with Crippen molar-refractivity contribution in [1.82, 2.24) is 24.6 Å². The first-order chi connectivity index (χ1) is 11.7. The van der Waals surface area contributed by atoms with E-state index in [1.165, 1.54) is 11.3 Å². The number of nitrogens with one attached hydrogen (secondary N) is 1. The van der Waals surface area contributed by atoms with Crippen LogP contribution >= 0.6 is 0 Å². The van der Waals surface area contributed by atoms with Crippen LogP contribution in [0.3, 0.4) is 0 Å². The lowest BCUT2D eigenvalue weighted by Crippen LogP contribution is -2.45. The minimum atomic E-state index is 0.0504. The molecule has 1 saturated heterocycles. The second kappa shape index (κ2) is 6.22. The molecule has 1 fully saturated rings. The Kier molecular flexibility index (Phi) is 3.92. The van der Waals surface area contributed by atoms with E-state index in [1.54, 1.807) is 30.3 Å². The molecule has 0 saturated carbocycles. The SMILES string of the molecule is Cn1nccc1C(=O)N1CCC[C@@H](Nc2ncnc3c2CCC3)C1. The maximum absolute atomic E-state index is 12.7. The maximum atomic E-state index is 12.7. The van der Waals surface area contributed by atoms with E-state index in [9.17, 15) is 4.79 Å². The highest BCUT2D eigenvalue weighted by Gasteiger charge is 2.27. The first-order valence-electron chi connectivity index (χ1n) is 8.59. The van der Waals surface area contributed by atoms with Crippen LogP contribution in [0.1, 0.15) is 41.0 Å². The number of likely N-dealkylation sites (tertiary alicyclic amines) is 1. The molecule has 1 atom stereocenters. The fourth-order valence-electron chi connectivity index (χ4n) is 3.70. The first kappa shape index (κ1) is 15.1. The zero-order valence-electron chi connectivity index (χ0n) is 13.9. The van der Waals surface area contributed by atoms with E-state index in [0.29, 0.717) is 12.2 Å². The smallest absolute Gasteiger partial charge is 0.272 e. The molecule has 7 heteroatoms. The van der Waals surface area contributed by atoms with Gasteiger partial charge in [-0.3, -0.25) is 9.48 Å². The number of rotatable bonds is 3. The molecule has 2 aromatic rings. The van der Waals surface area contributed by atoms with Crippen molar-refractivity contribution in [2.24, 2.45) is 7.05 Å². The van der Waals surface area contributed by atoms with Crippen LogP contribution in [0.4, 0.5) is 5.82 Å². The second-order valence-electron chi connectivity index (χ2n) is 6.58. The summed E-state index contributed by atoms with van der Waals surface area (Å²) in [7, 11) is 1.80. The van der Waals surface area contributed by atoms with Gasteiger partial charge >= 0.3 is 0 Å². The highest BCUT2D eigenvalue weighted by Crippen LogP contribution is 2.26. The number of carbonyl (C=O) groups is 1. The second-order valence-corrected chi connectivity index (χ2v) is 6.58. The van der Waals surface area contributed by atoms with Crippen LogP contribution in [-0.4, -0.2) is 49.7 Å². The summed E-state index contributed by atoms with van der Waals surface area (Å²) in [4.78, 5) is 23.4. The number of carbonyl (C=O) groups excluding carboxylic acids is 1. The molecule has 1 amide bonds. The third-order valence-electron chi connectivity index (χ3n) is 4.96. The first-order valence-corrected chi connectivity index (χ1v) is 8.59. The van der Waals surface area contributed by atoms with E-state index >= 15 is 0 Å². The summed E-state index contributed by atoms with van der Waals surface area (Å²) < 4.78 is 1.64. The highest BCUT2D eigenvalue weighted by atomic mass is 16.2. The summed E-state index contributed by atoms with van der Waals surface area (Å²) in [5.41, 5.74) is 3.07. The average Bonchev–Trinajstić information content (AvgIpc) is 3.24. The summed E-state index contributed by atoms with van der Waals surface area (Å²) in [6.07, 6.45) is 8.59. The molecule has 0 bridgehead atoms. The number of aromatic nitrogens is 4. The van der Waals surface area contributed by atoms with Gasteiger partial charge in [-0.15, -0.1) is 0 Å². The zero-order valence-corrected chi connectivity index (χ0v) is 13.9.